The second kappa shape index (κ2) is 9.18. The monoisotopic (exact) mass is 485 g/mol. The summed E-state index contributed by atoms with van der Waals surface area (Å²) in [5, 5.41) is 3.84. The van der Waals surface area contributed by atoms with Crippen LogP contribution in [0.15, 0.2) is 47.1 Å². The van der Waals surface area contributed by atoms with Crippen LogP contribution in [0, 0.1) is 5.92 Å². The summed E-state index contributed by atoms with van der Waals surface area (Å²) in [5.41, 5.74) is 4.05. The van der Waals surface area contributed by atoms with Gasteiger partial charge >= 0.3 is 0 Å². The molecule has 11 heteroatoms. The highest BCUT2D eigenvalue weighted by molar-refractivity contribution is 7.89. The fraction of sp³-hybridized carbons (Fsp3) is 0.318. The first kappa shape index (κ1) is 22.0. The molecule has 0 spiro atoms. The van der Waals surface area contributed by atoms with Crippen molar-refractivity contribution in [3.05, 3.63) is 42.2 Å². The number of thiazole rings is 1. The lowest BCUT2D eigenvalue weighted by atomic mass is 10.0. The van der Waals surface area contributed by atoms with Gasteiger partial charge in [-0.25, -0.2) is 28.1 Å². The van der Waals surface area contributed by atoms with Crippen molar-refractivity contribution in [3.63, 3.8) is 0 Å². The van der Waals surface area contributed by atoms with Crippen LogP contribution in [-0.4, -0.2) is 50.2 Å². The highest BCUT2D eigenvalue weighted by Gasteiger charge is 2.24. The van der Waals surface area contributed by atoms with Crippen LogP contribution in [0.25, 0.3) is 21.1 Å². The first-order valence-corrected chi connectivity index (χ1v) is 12.9. The molecule has 0 atom stereocenters. The molecule has 4 aromatic rings. The Hall–Kier alpha value is -2.86. The molecule has 1 aliphatic heterocycles. The number of aromatic nitrogens is 3. The largest absolute Gasteiger partial charge is 0.495 e. The minimum absolute atomic E-state index is 0.0531. The fourth-order valence-electron chi connectivity index (χ4n) is 3.86. The van der Waals surface area contributed by atoms with Crippen LogP contribution in [0.4, 0.5) is 11.5 Å². The third-order valence-corrected chi connectivity index (χ3v) is 7.96. The van der Waals surface area contributed by atoms with Gasteiger partial charge in [0.1, 0.15) is 22.8 Å². The second-order valence-corrected chi connectivity index (χ2v) is 10.4. The lowest BCUT2D eigenvalue weighted by Crippen LogP contribution is -2.32. The van der Waals surface area contributed by atoms with E-state index in [4.69, 9.17) is 9.47 Å². The molecule has 0 saturated carbocycles. The predicted octanol–water partition coefficient (Wildman–Crippen LogP) is 3.70. The van der Waals surface area contributed by atoms with Gasteiger partial charge in [0.25, 0.3) is 0 Å². The maximum Gasteiger partial charge on any atom is 0.244 e. The van der Waals surface area contributed by atoms with E-state index >= 15 is 0 Å². The van der Waals surface area contributed by atoms with Crippen molar-refractivity contribution in [2.75, 3.05) is 32.2 Å². The fourth-order valence-corrected chi connectivity index (χ4v) is 5.81. The Labute approximate surface area is 195 Å². The smallest absolute Gasteiger partial charge is 0.244 e. The normalized spacial score (nSPS) is 15.2. The summed E-state index contributed by atoms with van der Waals surface area (Å²) in [6.07, 6.45) is 3.11. The minimum Gasteiger partial charge on any atom is -0.495 e. The number of methoxy groups -OCH3 is 1. The standard InChI is InChI=1S/C22H23N5O4S2/c1-30-19-10-17-16(9-21(19)33(28,29)26-11-14-4-6-31-7-5-14)22(24-12-23-17)27-15-2-3-20-18(8-15)25-13-32-20/h2-3,8-10,12-14,26H,4-7,11H2,1H3,(H,23,24,27). The number of benzene rings is 2. The average molecular weight is 486 g/mol. The number of nitrogens with zero attached hydrogens (tertiary/aromatic N) is 3. The highest BCUT2D eigenvalue weighted by Crippen LogP contribution is 2.33. The second-order valence-electron chi connectivity index (χ2n) is 7.81. The van der Waals surface area contributed by atoms with E-state index in [0.29, 0.717) is 36.5 Å². The number of ether oxygens (including phenoxy) is 2. The molecule has 3 heterocycles. The van der Waals surface area contributed by atoms with Crippen molar-refractivity contribution in [2.24, 2.45) is 5.92 Å². The lowest BCUT2D eigenvalue weighted by Gasteiger charge is -2.22. The summed E-state index contributed by atoms with van der Waals surface area (Å²) in [6, 6.07) is 9.03. The Kier molecular flexibility index (Phi) is 6.11. The van der Waals surface area contributed by atoms with E-state index < -0.39 is 10.0 Å². The molecular weight excluding hydrogens is 462 g/mol. The van der Waals surface area contributed by atoms with Gasteiger partial charge in [0, 0.05) is 36.9 Å². The number of hydrogen-bond donors (Lipinski definition) is 2. The summed E-state index contributed by atoms with van der Waals surface area (Å²) in [4.78, 5) is 13.1. The Bertz CT molecular complexity index is 1400. The van der Waals surface area contributed by atoms with E-state index in [-0.39, 0.29) is 16.6 Å². The van der Waals surface area contributed by atoms with Crippen LogP contribution in [0.5, 0.6) is 5.75 Å². The minimum atomic E-state index is -3.81. The van der Waals surface area contributed by atoms with Crippen molar-refractivity contribution in [2.45, 2.75) is 17.7 Å². The van der Waals surface area contributed by atoms with Crippen molar-refractivity contribution >= 4 is 54.0 Å². The Balaban J connectivity index is 1.49. The van der Waals surface area contributed by atoms with E-state index in [1.54, 1.807) is 29.0 Å². The topological polar surface area (TPSA) is 115 Å². The third kappa shape index (κ3) is 4.62. The van der Waals surface area contributed by atoms with Crippen LogP contribution in [-0.2, 0) is 14.8 Å². The van der Waals surface area contributed by atoms with Crippen LogP contribution in [0.2, 0.25) is 0 Å². The molecule has 2 aromatic carbocycles. The molecule has 1 aliphatic rings. The number of anilines is 2. The van der Waals surface area contributed by atoms with Crippen molar-refractivity contribution < 1.29 is 17.9 Å². The van der Waals surface area contributed by atoms with Gasteiger partial charge in [0.15, 0.2) is 0 Å². The number of hydrogen-bond acceptors (Lipinski definition) is 9. The summed E-state index contributed by atoms with van der Waals surface area (Å²) in [7, 11) is -2.37. The number of nitrogens with one attached hydrogen (secondary N) is 2. The van der Waals surface area contributed by atoms with Gasteiger partial charge in [-0.3, -0.25) is 0 Å². The van der Waals surface area contributed by atoms with Gasteiger partial charge in [0.05, 0.1) is 28.4 Å². The van der Waals surface area contributed by atoms with Gasteiger partial charge in [-0.1, -0.05) is 0 Å². The first-order chi connectivity index (χ1) is 16.0. The zero-order valence-corrected chi connectivity index (χ0v) is 19.6. The number of fused-ring (bicyclic) bond motifs is 2. The van der Waals surface area contributed by atoms with Crippen LogP contribution >= 0.6 is 11.3 Å². The molecule has 172 valence electrons. The van der Waals surface area contributed by atoms with E-state index in [9.17, 15) is 8.42 Å². The SMILES string of the molecule is COc1cc2ncnc(Nc3ccc4scnc4c3)c2cc1S(=O)(=O)NCC1CCOCC1. The predicted molar refractivity (Wildman–Crippen MR) is 128 cm³/mol. The molecule has 1 saturated heterocycles. The van der Waals surface area contributed by atoms with E-state index in [1.807, 2.05) is 18.2 Å². The summed E-state index contributed by atoms with van der Waals surface area (Å²) < 4.78 is 41.0. The van der Waals surface area contributed by atoms with Crippen molar-refractivity contribution in [3.8, 4) is 5.75 Å². The maximum atomic E-state index is 13.2. The maximum absolute atomic E-state index is 13.2. The Morgan fingerprint density at radius 2 is 1.97 bits per heavy atom. The molecule has 9 nitrogen and oxygen atoms in total. The van der Waals surface area contributed by atoms with Crippen LogP contribution in [0.3, 0.4) is 0 Å². The molecule has 0 amide bonds. The lowest BCUT2D eigenvalue weighted by molar-refractivity contribution is 0.0678. The van der Waals surface area contributed by atoms with E-state index in [1.165, 1.54) is 13.4 Å². The highest BCUT2D eigenvalue weighted by atomic mass is 32.2. The van der Waals surface area contributed by atoms with Gasteiger partial charge in [-0.15, -0.1) is 11.3 Å². The van der Waals surface area contributed by atoms with Gasteiger partial charge in [-0.2, -0.15) is 0 Å². The van der Waals surface area contributed by atoms with Crippen LogP contribution < -0.4 is 14.8 Å². The number of rotatable bonds is 7. The van der Waals surface area contributed by atoms with Crippen LogP contribution in [0.1, 0.15) is 12.8 Å². The third-order valence-electron chi connectivity index (χ3n) is 5.71. The number of sulfonamides is 1. The molecule has 0 bridgehead atoms. The van der Waals surface area contributed by atoms with E-state index in [0.717, 1.165) is 28.7 Å². The van der Waals surface area contributed by atoms with Crippen molar-refractivity contribution in [1.82, 2.24) is 19.7 Å². The molecule has 33 heavy (non-hydrogen) atoms. The van der Waals surface area contributed by atoms with E-state index in [2.05, 4.69) is 25.0 Å². The molecule has 0 unspecified atom stereocenters. The molecule has 1 fully saturated rings. The molecule has 0 aliphatic carbocycles. The zero-order chi connectivity index (χ0) is 22.8. The molecule has 2 N–H and O–H groups in total. The molecule has 2 aromatic heterocycles. The molecular formula is C22H23N5O4S2. The van der Waals surface area contributed by atoms with Gasteiger partial charge < -0.3 is 14.8 Å². The summed E-state index contributed by atoms with van der Waals surface area (Å²) >= 11 is 1.57. The Morgan fingerprint density at radius 3 is 2.79 bits per heavy atom. The quantitative estimate of drug-likeness (QED) is 0.407. The zero-order valence-electron chi connectivity index (χ0n) is 17.9. The Morgan fingerprint density at radius 1 is 1.12 bits per heavy atom. The van der Waals surface area contributed by atoms with Crippen molar-refractivity contribution in [1.29, 1.82) is 0 Å². The van der Waals surface area contributed by atoms with Gasteiger partial charge in [0.2, 0.25) is 10.0 Å². The first-order valence-electron chi connectivity index (χ1n) is 10.5. The van der Waals surface area contributed by atoms with Gasteiger partial charge in [-0.05, 0) is 43.0 Å². The molecule has 5 rings (SSSR count). The summed E-state index contributed by atoms with van der Waals surface area (Å²) in [5.74, 6) is 0.981. The molecule has 0 radical (unpaired) electrons. The summed E-state index contributed by atoms with van der Waals surface area (Å²) in [6.45, 7) is 1.67. The average Bonchev–Trinajstić information content (AvgIpc) is 3.31.